The van der Waals surface area contributed by atoms with E-state index in [2.05, 4.69) is 70.6 Å². The van der Waals surface area contributed by atoms with E-state index in [4.69, 9.17) is 15.0 Å². The molecule has 260 valence electrons. The summed E-state index contributed by atoms with van der Waals surface area (Å²) in [5, 5.41) is 24.6. The Kier molecular flexibility index (Phi) is 10.1. The molecular formula is C43H40N6O3. The maximum absolute atomic E-state index is 12.4. The molecule has 0 atom stereocenters. The number of hydrogen-bond donors (Lipinski definition) is 2. The number of rotatable bonds is 13. The minimum Gasteiger partial charge on any atom is -0.461 e. The van der Waals surface area contributed by atoms with E-state index >= 15 is 0 Å². The second kappa shape index (κ2) is 15.4. The second-order valence-corrected chi connectivity index (χ2v) is 12.6. The van der Waals surface area contributed by atoms with Gasteiger partial charge < -0.3 is 14.8 Å². The predicted octanol–water partition coefficient (Wildman–Crippen LogP) is 7.78. The van der Waals surface area contributed by atoms with Crippen molar-refractivity contribution in [3.8, 4) is 22.5 Å². The minimum absolute atomic E-state index is 0.151. The fraction of sp³-hybridized carbons (Fsp3) is 0.186. The molecule has 0 amide bonds. The molecule has 0 fully saturated rings. The van der Waals surface area contributed by atoms with Crippen LogP contribution in [0.4, 0.5) is 0 Å². The SMILES string of the molecule is CCCc1cc(CO)c(-c2ccccc2-c2nnnn2C(c2ccccc2)(c2ccccc2)c2ccccc2)cc1Cc1ncc(C(=O)OCC)[nH]1. The number of H-pyrrole nitrogens is 1. The number of carbonyl (C=O) groups is 1. The lowest BCUT2D eigenvalue weighted by molar-refractivity contribution is 0.0520. The van der Waals surface area contributed by atoms with E-state index < -0.39 is 11.5 Å². The van der Waals surface area contributed by atoms with Crippen molar-refractivity contribution in [3.05, 3.63) is 178 Å². The van der Waals surface area contributed by atoms with E-state index in [1.54, 1.807) is 6.92 Å². The number of carbonyl (C=O) groups excluding carboxylic acids is 1. The third-order valence-electron chi connectivity index (χ3n) is 9.42. The summed E-state index contributed by atoms with van der Waals surface area (Å²) in [6.07, 6.45) is 3.73. The van der Waals surface area contributed by atoms with Crippen molar-refractivity contribution in [1.29, 1.82) is 0 Å². The van der Waals surface area contributed by atoms with E-state index in [1.807, 2.05) is 83.5 Å². The third-order valence-corrected chi connectivity index (χ3v) is 9.42. The average molecular weight is 689 g/mol. The van der Waals surface area contributed by atoms with Gasteiger partial charge in [-0.1, -0.05) is 141 Å². The molecular weight excluding hydrogens is 649 g/mol. The topological polar surface area (TPSA) is 119 Å². The van der Waals surface area contributed by atoms with Crippen LogP contribution in [0.2, 0.25) is 0 Å². The van der Waals surface area contributed by atoms with Crippen molar-refractivity contribution in [2.45, 2.75) is 45.3 Å². The van der Waals surface area contributed by atoms with Crippen LogP contribution in [0.3, 0.4) is 0 Å². The van der Waals surface area contributed by atoms with Crippen molar-refractivity contribution in [3.63, 3.8) is 0 Å². The summed E-state index contributed by atoms with van der Waals surface area (Å²) < 4.78 is 7.10. The van der Waals surface area contributed by atoms with Crippen LogP contribution in [-0.4, -0.2) is 47.9 Å². The van der Waals surface area contributed by atoms with Crippen molar-refractivity contribution >= 4 is 5.97 Å². The molecule has 0 spiro atoms. The Morgan fingerprint density at radius 2 is 1.35 bits per heavy atom. The van der Waals surface area contributed by atoms with Gasteiger partial charge in [0.05, 0.1) is 19.4 Å². The molecule has 0 aliphatic carbocycles. The second-order valence-electron chi connectivity index (χ2n) is 12.6. The Hall–Kier alpha value is -6.19. The van der Waals surface area contributed by atoms with Gasteiger partial charge in [0.25, 0.3) is 0 Å². The zero-order chi connectivity index (χ0) is 35.9. The first-order chi connectivity index (χ1) is 25.6. The molecule has 2 aromatic heterocycles. The van der Waals surface area contributed by atoms with Crippen LogP contribution < -0.4 is 0 Å². The zero-order valence-electron chi connectivity index (χ0n) is 29.2. The number of imidazole rings is 1. The Labute approximate surface area is 303 Å². The molecule has 0 saturated carbocycles. The van der Waals surface area contributed by atoms with Crippen LogP contribution in [-0.2, 0) is 29.7 Å². The first-order valence-electron chi connectivity index (χ1n) is 17.6. The lowest BCUT2D eigenvalue weighted by atomic mass is 9.76. The van der Waals surface area contributed by atoms with Crippen LogP contribution in [0.25, 0.3) is 22.5 Å². The summed E-state index contributed by atoms with van der Waals surface area (Å²) in [5.41, 5.74) is 7.90. The van der Waals surface area contributed by atoms with Gasteiger partial charge in [-0.3, -0.25) is 0 Å². The normalized spacial score (nSPS) is 11.4. The monoisotopic (exact) mass is 688 g/mol. The summed E-state index contributed by atoms with van der Waals surface area (Å²) in [7, 11) is 0. The number of hydrogen-bond acceptors (Lipinski definition) is 7. The summed E-state index contributed by atoms with van der Waals surface area (Å²) in [6, 6.07) is 43.2. The summed E-state index contributed by atoms with van der Waals surface area (Å²) >= 11 is 0. The number of aryl methyl sites for hydroxylation is 1. The number of esters is 1. The van der Waals surface area contributed by atoms with Crippen LogP contribution >= 0.6 is 0 Å². The quantitative estimate of drug-likeness (QED) is 0.0938. The van der Waals surface area contributed by atoms with Crippen molar-refractivity contribution in [2.24, 2.45) is 0 Å². The molecule has 0 aliphatic heterocycles. The van der Waals surface area contributed by atoms with Crippen LogP contribution in [0.1, 0.15) is 70.0 Å². The van der Waals surface area contributed by atoms with E-state index in [-0.39, 0.29) is 13.2 Å². The van der Waals surface area contributed by atoms with Crippen molar-refractivity contribution < 1.29 is 14.6 Å². The third kappa shape index (κ3) is 6.42. The number of aromatic amines is 1. The fourth-order valence-corrected chi connectivity index (χ4v) is 7.13. The molecule has 0 saturated heterocycles. The predicted molar refractivity (Wildman–Crippen MR) is 201 cm³/mol. The van der Waals surface area contributed by atoms with Gasteiger partial charge in [-0.25, -0.2) is 14.5 Å². The van der Waals surface area contributed by atoms with Gasteiger partial charge >= 0.3 is 5.97 Å². The van der Waals surface area contributed by atoms with Crippen LogP contribution in [0, 0.1) is 0 Å². The van der Waals surface area contributed by atoms with E-state index in [0.717, 1.165) is 62.9 Å². The molecule has 52 heavy (non-hydrogen) atoms. The van der Waals surface area contributed by atoms with Crippen molar-refractivity contribution in [1.82, 2.24) is 30.2 Å². The van der Waals surface area contributed by atoms with E-state index in [9.17, 15) is 9.90 Å². The number of aromatic nitrogens is 6. The Morgan fingerprint density at radius 1 is 0.750 bits per heavy atom. The number of nitrogens with one attached hydrogen (secondary N) is 1. The largest absolute Gasteiger partial charge is 0.461 e. The molecule has 2 heterocycles. The molecule has 7 aromatic rings. The van der Waals surface area contributed by atoms with E-state index in [0.29, 0.717) is 23.8 Å². The molecule has 2 N–H and O–H groups in total. The number of tetrazole rings is 1. The Bertz CT molecular complexity index is 2170. The fourth-order valence-electron chi connectivity index (χ4n) is 7.13. The highest BCUT2D eigenvalue weighted by Crippen LogP contribution is 2.44. The van der Waals surface area contributed by atoms with Gasteiger partial charge in [-0.05, 0) is 68.3 Å². The number of ether oxygens (including phenoxy) is 1. The van der Waals surface area contributed by atoms with Crippen molar-refractivity contribution in [2.75, 3.05) is 6.61 Å². The Morgan fingerprint density at radius 3 is 1.92 bits per heavy atom. The van der Waals surface area contributed by atoms with Crippen LogP contribution in [0.5, 0.6) is 0 Å². The highest BCUT2D eigenvalue weighted by molar-refractivity contribution is 5.87. The summed E-state index contributed by atoms with van der Waals surface area (Å²) in [6.45, 7) is 4.04. The molecule has 9 heteroatoms. The standard InChI is InChI=1S/C43H40N6O3/c1-3-16-30-25-32(29-50)38(26-31(30)27-40-44-28-39(45-40)42(51)52-4-2)36-23-14-15-24-37(36)41-46-47-48-49(41)43(33-17-8-5-9-18-33,34-19-10-6-11-20-34)35-21-12-7-13-22-35/h5-15,17-26,28,50H,3-4,16,27,29H2,1-2H3,(H,44,45). The molecule has 9 nitrogen and oxygen atoms in total. The van der Waals surface area contributed by atoms with E-state index in [1.165, 1.54) is 6.20 Å². The van der Waals surface area contributed by atoms with Crippen LogP contribution in [0.15, 0.2) is 134 Å². The number of nitrogens with zero attached hydrogens (tertiary/aromatic N) is 5. The van der Waals surface area contributed by atoms with Gasteiger partial charge in [0.2, 0.25) is 0 Å². The molecule has 0 aliphatic rings. The molecule has 0 bridgehead atoms. The number of benzene rings is 5. The van der Waals surface area contributed by atoms with Gasteiger partial charge in [-0.15, -0.1) is 5.10 Å². The highest BCUT2D eigenvalue weighted by atomic mass is 16.5. The molecule has 0 radical (unpaired) electrons. The smallest absolute Gasteiger partial charge is 0.356 e. The molecule has 7 rings (SSSR count). The minimum atomic E-state index is -0.929. The lowest BCUT2D eigenvalue weighted by Crippen LogP contribution is -2.39. The van der Waals surface area contributed by atoms with Gasteiger partial charge in [-0.2, -0.15) is 0 Å². The first kappa shape index (κ1) is 34.3. The zero-order valence-corrected chi connectivity index (χ0v) is 29.2. The molecule has 0 unspecified atom stereocenters. The summed E-state index contributed by atoms with van der Waals surface area (Å²) in [5.74, 6) is 0.787. The summed E-state index contributed by atoms with van der Waals surface area (Å²) in [4.78, 5) is 20.0. The Balaban J connectivity index is 1.43. The average Bonchev–Trinajstić information content (AvgIpc) is 3.88. The van der Waals surface area contributed by atoms with Gasteiger partial charge in [0, 0.05) is 12.0 Å². The maximum Gasteiger partial charge on any atom is 0.356 e. The maximum atomic E-state index is 12.4. The number of aliphatic hydroxyl groups is 1. The number of aliphatic hydroxyl groups excluding tert-OH is 1. The first-order valence-corrected chi connectivity index (χ1v) is 17.6. The van der Waals surface area contributed by atoms with Gasteiger partial charge in [0.15, 0.2) is 5.82 Å². The lowest BCUT2D eigenvalue weighted by Gasteiger charge is -2.36. The van der Waals surface area contributed by atoms with Gasteiger partial charge in [0.1, 0.15) is 17.1 Å². The molecule has 5 aromatic carbocycles. The highest BCUT2D eigenvalue weighted by Gasteiger charge is 2.42.